The fourth-order valence-electron chi connectivity index (χ4n) is 3.29. The van der Waals surface area contributed by atoms with Gasteiger partial charge in [0.1, 0.15) is 12.4 Å². The summed E-state index contributed by atoms with van der Waals surface area (Å²) in [4.78, 5) is 33.1. The van der Waals surface area contributed by atoms with Gasteiger partial charge in [-0.05, 0) is 44.9 Å². The summed E-state index contributed by atoms with van der Waals surface area (Å²) in [6, 6.07) is 9.19. The molecule has 1 atom stereocenters. The molecule has 7 nitrogen and oxygen atoms in total. The fourth-order valence-corrected chi connectivity index (χ4v) is 3.29. The minimum absolute atomic E-state index is 0.0315. The van der Waals surface area contributed by atoms with E-state index in [-0.39, 0.29) is 24.1 Å². The van der Waals surface area contributed by atoms with Crippen LogP contribution in [0.1, 0.15) is 24.2 Å². The van der Waals surface area contributed by atoms with E-state index in [0.717, 1.165) is 43.1 Å². The van der Waals surface area contributed by atoms with E-state index < -0.39 is 0 Å². The molecule has 26 heavy (non-hydrogen) atoms. The van der Waals surface area contributed by atoms with Crippen molar-refractivity contribution in [3.05, 3.63) is 52.1 Å². The Hall–Kier alpha value is -2.70. The highest BCUT2D eigenvalue weighted by Gasteiger charge is 2.27. The quantitative estimate of drug-likeness (QED) is 0.829. The molecular weight excluding hydrogens is 330 g/mol. The molecule has 2 aromatic heterocycles. The van der Waals surface area contributed by atoms with Crippen LogP contribution < -0.4 is 10.5 Å². The number of anilines is 1. The molecule has 138 valence electrons. The number of hydrogen-bond acceptors (Lipinski definition) is 5. The van der Waals surface area contributed by atoms with Gasteiger partial charge in [0.05, 0.1) is 5.69 Å². The summed E-state index contributed by atoms with van der Waals surface area (Å²) in [5.74, 6) is 0.848. The van der Waals surface area contributed by atoms with Crippen molar-refractivity contribution in [2.24, 2.45) is 0 Å². The Balaban J connectivity index is 1.68. The van der Waals surface area contributed by atoms with Crippen molar-refractivity contribution in [1.82, 2.24) is 19.7 Å². The Morgan fingerprint density at radius 2 is 2.04 bits per heavy atom. The molecular formula is C19H25N5O2. The first-order chi connectivity index (χ1) is 12.4. The normalized spacial score (nSPS) is 17.2. The molecule has 3 rings (SSSR count). The van der Waals surface area contributed by atoms with E-state index in [1.807, 2.05) is 25.1 Å². The molecule has 0 bridgehead atoms. The average Bonchev–Trinajstić information content (AvgIpc) is 2.64. The SMILES string of the molecule is Cc1cccc(N2CCC[C@H](N(C)C(=O)Cn3nc(C)ccc3=O)C2)n1. The maximum atomic E-state index is 12.7. The number of rotatable bonds is 4. The molecule has 0 saturated carbocycles. The number of aryl methyl sites for hydroxylation is 2. The minimum atomic E-state index is -0.258. The largest absolute Gasteiger partial charge is 0.355 e. The second-order valence-electron chi connectivity index (χ2n) is 6.85. The summed E-state index contributed by atoms with van der Waals surface area (Å²) in [6.07, 6.45) is 1.95. The monoisotopic (exact) mass is 355 g/mol. The van der Waals surface area contributed by atoms with Gasteiger partial charge in [-0.2, -0.15) is 5.10 Å². The van der Waals surface area contributed by atoms with Gasteiger partial charge < -0.3 is 9.80 Å². The highest BCUT2D eigenvalue weighted by molar-refractivity contribution is 5.76. The smallest absolute Gasteiger partial charge is 0.267 e. The van der Waals surface area contributed by atoms with Crippen LogP contribution in [0.3, 0.4) is 0 Å². The lowest BCUT2D eigenvalue weighted by molar-refractivity contribution is -0.133. The van der Waals surface area contributed by atoms with Crippen LogP contribution in [0.4, 0.5) is 5.82 Å². The van der Waals surface area contributed by atoms with Gasteiger partial charge in [-0.15, -0.1) is 0 Å². The second-order valence-corrected chi connectivity index (χ2v) is 6.85. The molecule has 0 aliphatic carbocycles. The number of hydrogen-bond donors (Lipinski definition) is 0. The van der Waals surface area contributed by atoms with Gasteiger partial charge in [-0.3, -0.25) is 9.59 Å². The summed E-state index contributed by atoms with van der Waals surface area (Å²) >= 11 is 0. The van der Waals surface area contributed by atoms with Crippen molar-refractivity contribution >= 4 is 11.7 Å². The van der Waals surface area contributed by atoms with Crippen LogP contribution in [-0.4, -0.2) is 51.8 Å². The van der Waals surface area contributed by atoms with Crippen LogP contribution in [0.15, 0.2) is 35.1 Å². The van der Waals surface area contributed by atoms with Crippen molar-refractivity contribution < 1.29 is 4.79 Å². The van der Waals surface area contributed by atoms with Crippen LogP contribution in [0.5, 0.6) is 0 Å². The number of pyridine rings is 1. The number of carbonyl (C=O) groups is 1. The van der Waals surface area contributed by atoms with E-state index in [1.165, 1.54) is 10.7 Å². The molecule has 1 aliphatic heterocycles. The summed E-state index contributed by atoms with van der Waals surface area (Å²) in [6.45, 7) is 5.43. The topological polar surface area (TPSA) is 71.3 Å². The molecule has 1 saturated heterocycles. The summed E-state index contributed by atoms with van der Waals surface area (Å²) in [5, 5.41) is 4.15. The zero-order chi connectivity index (χ0) is 18.7. The Morgan fingerprint density at radius 3 is 2.81 bits per heavy atom. The lowest BCUT2D eigenvalue weighted by atomic mass is 10.0. The zero-order valence-corrected chi connectivity index (χ0v) is 15.6. The van der Waals surface area contributed by atoms with E-state index in [1.54, 1.807) is 24.9 Å². The molecule has 7 heteroatoms. The van der Waals surface area contributed by atoms with Gasteiger partial charge in [-0.25, -0.2) is 9.67 Å². The number of amides is 1. The van der Waals surface area contributed by atoms with Crippen molar-refractivity contribution in [3.8, 4) is 0 Å². The second kappa shape index (κ2) is 7.68. The van der Waals surface area contributed by atoms with E-state index in [2.05, 4.69) is 15.0 Å². The maximum absolute atomic E-state index is 12.7. The lowest BCUT2D eigenvalue weighted by Gasteiger charge is -2.38. The minimum Gasteiger partial charge on any atom is -0.355 e. The van der Waals surface area contributed by atoms with Gasteiger partial charge in [0.15, 0.2) is 0 Å². The summed E-state index contributed by atoms with van der Waals surface area (Å²) < 4.78 is 1.23. The Bertz CT molecular complexity index is 848. The fraction of sp³-hybridized carbons (Fsp3) is 0.474. The van der Waals surface area contributed by atoms with Gasteiger partial charge in [0, 0.05) is 37.9 Å². The summed E-state index contributed by atoms with van der Waals surface area (Å²) in [5.41, 5.74) is 1.44. The Labute approximate surface area is 153 Å². The first-order valence-electron chi connectivity index (χ1n) is 8.93. The number of carbonyl (C=O) groups excluding carboxylic acids is 1. The van der Waals surface area contributed by atoms with Crippen LogP contribution in [0, 0.1) is 13.8 Å². The van der Waals surface area contributed by atoms with Gasteiger partial charge >= 0.3 is 0 Å². The van der Waals surface area contributed by atoms with Gasteiger partial charge in [0.2, 0.25) is 5.91 Å². The molecule has 2 aromatic rings. The zero-order valence-electron chi connectivity index (χ0n) is 15.6. The molecule has 1 fully saturated rings. The van der Waals surface area contributed by atoms with Crippen LogP contribution in [0.25, 0.3) is 0 Å². The average molecular weight is 355 g/mol. The third-order valence-electron chi connectivity index (χ3n) is 4.82. The lowest BCUT2D eigenvalue weighted by Crippen LogP contribution is -2.50. The van der Waals surface area contributed by atoms with Gasteiger partial charge in [-0.1, -0.05) is 6.07 Å². The molecule has 0 aromatic carbocycles. The number of aromatic nitrogens is 3. The molecule has 1 amide bonds. The highest BCUT2D eigenvalue weighted by Crippen LogP contribution is 2.20. The number of piperidine rings is 1. The van der Waals surface area contributed by atoms with Crippen molar-refractivity contribution in [2.45, 2.75) is 39.3 Å². The molecule has 0 N–H and O–H groups in total. The van der Waals surface area contributed by atoms with E-state index in [9.17, 15) is 9.59 Å². The van der Waals surface area contributed by atoms with Gasteiger partial charge in [0.25, 0.3) is 5.56 Å². The van der Waals surface area contributed by atoms with Crippen LogP contribution >= 0.6 is 0 Å². The van der Waals surface area contributed by atoms with Crippen molar-refractivity contribution in [2.75, 3.05) is 25.0 Å². The van der Waals surface area contributed by atoms with Crippen molar-refractivity contribution in [3.63, 3.8) is 0 Å². The Morgan fingerprint density at radius 1 is 1.23 bits per heavy atom. The molecule has 0 radical (unpaired) electrons. The first kappa shape index (κ1) is 18.1. The van der Waals surface area contributed by atoms with Crippen LogP contribution in [-0.2, 0) is 11.3 Å². The molecule has 0 unspecified atom stereocenters. The van der Waals surface area contributed by atoms with Crippen LogP contribution in [0.2, 0.25) is 0 Å². The molecule has 0 spiro atoms. The summed E-state index contributed by atoms with van der Waals surface area (Å²) in [7, 11) is 1.81. The van der Waals surface area contributed by atoms with E-state index in [4.69, 9.17) is 0 Å². The number of likely N-dealkylation sites (N-methyl/N-ethyl adjacent to an activating group) is 1. The number of nitrogens with zero attached hydrogens (tertiary/aromatic N) is 5. The predicted molar refractivity (Wildman–Crippen MR) is 100 cm³/mol. The third-order valence-corrected chi connectivity index (χ3v) is 4.82. The van der Waals surface area contributed by atoms with Crippen molar-refractivity contribution in [1.29, 1.82) is 0 Å². The molecule has 1 aliphatic rings. The molecule has 3 heterocycles. The maximum Gasteiger partial charge on any atom is 0.267 e. The van der Waals surface area contributed by atoms with E-state index >= 15 is 0 Å². The Kier molecular flexibility index (Phi) is 5.35. The highest BCUT2D eigenvalue weighted by atomic mass is 16.2. The predicted octanol–water partition coefficient (Wildman–Crippen LogP) is 1.38. The third kappa shape index (κ3) is 4.09. The first-order valence-corrected chi connectivity index (χ1v) is 8.93. The standard InChI is InChI=1S/C19H25N5O2/c1-14-6-4-8-17(20-14)23-11-5-7-16(12-23)22(3)19(26)13-24-18(25)10-9-15(2)21-24/h4,6,8-10,16H,5,7,11-13H2,1-3H3/t16-/m0/s1. The van der Waals surface area contributed by atoms with E-state index in [0.29, 0.717) is 0 Å².